The molecule has 0 N–H and O–H groups in total. The maximum Gasteiger partial charge on any atom is 0.302 e. The Bertz CT molecular complexity index is 821. The average molecular weight is 469 g/mol. The van der Waals surface area contributed by atoms with Crippen molar-refractivity contribution >= 4 is 5.97 Å². The van der Waals surface area contributed by atoms with Gasteiger partial charge in [-0.3, -0.25) is 4.79 Å². The first-order valence-electron chi connectivity index (χ1n) is 14.5. The molecule has 0 aromatic heterocycles. The normalized spacial score (nSPS) is 43.0. The van der Waals surface area contributed by atoms with E-state index in [0.29, 0.717) is 28.6 Å². The van der Waals surface area contributed by atoms with Gasteiger partial charge in [-0.2, -0.15) is 0 Å². The summed E-state index contributed by atoms with van der Waals surface area (Å²) in [5, 5.41) is 0. The van der Waals surface area contributed by atoms with Gasteiger partial charge in [0, 0.05) is 6.92 Å². The van der Waals surface area contributed by atoms with Crippen LogP contribution in [0.3, 0.4) is 0 Å². The van der Waals surface area contributed by atoms with E-state index in [2.05, 4.69) is 60.6 Å². The standard InChI is InChI=1S/C32H52O2/c1-9-24(20(2)3)11-10-21(4)26-14-15-28-25-12-13-27-22(5)30(34-23(6)33)17-19-32(27,8)29(25)16-18-31(26,28)7/h9,12,20-22,26-30H,10-11,13-19H2,1-8H3/t21-,22+,26-,27+,28+,29+,30+,31-,32+/m1/s1. The Hall–Kier alpha value is -1.05. The van der Waals surface area contributed by atoms with Gasteiger partial charge in [0.05, 0.1) is 0 Å². The summed E-state index contributed by atoms with van der Waals surface area (Å²) in [6, 6.07) is 0. The summed E-state index contributed by atoms with van der Waals surface area (Å²) in [6.45, 7) is 18.7. The Labute approximate surface area is 210 Å². The van der Waals surface area contributed by atoms with Crippen LogP contribution in [0.25, 0.3) is 0 Å². The van der Waals surface area contributed by atoms with Gasteiger partial charge < -0.3 is 4.74 Å². The number of carbonyl (C=O) groups is 1. The molecule has 2 nitrogen and oxygen atoms in total. The van der Waals surface area contributed by atoms with E-state index < -0.39 is 0 Å². The van der Waals surface area contributed by atoms with Crippen LogP contribution in [0.15, 0.2) is 23.3 Å². The number of hydrogen-bond acceptors (Lipinski definition) is 2. The van der Waals surface area contributed by atoms with E-state index in [4.69, 9.17) is 4.74 Å². The highest BCUT2D eigenvalue weighted by atomic mass is 16.5. The summed E-state index contributed by atoms with van der Waals surface area (Å²) in [6.07, 6.45) is 16.8. The molecule has 0 aromatic carbocycles. The fourth-order valence-corrected chi connectivity index (χ4v) is 9.65. The molecular formula is C32H52O2. The molecule has 0 spiro atoms. The number of allylic oxidation sites excluding steroid dienone is 4. The van der Waals surface area contributed by atoms with E-state index in [9.17, 15) is 4.79 Å². The van der Waals surface area contributed by atoms with E-state index in [1.54, 1.807) is 12.5 Å². The summed E-state index contributed by atoms with van der Waals surface area (Å²) in [5.74, 6) is 4.91. The van der Waals surface area contributed by atoms with Crippen molar-refractivity contribution in [1.29, 1.82) is 0 Å². The van der Waals surface area contributed by atoms with Crippen LogP contribution in [0.2, 0.25) is 0 Å². The van der Waals surface area contributed by atoms with Crippen LogP contribution in [0.5, 0.6) is 0 Å². The predicted molar refractivity (Wildman–Crippen MR) is 142 cm³/mol. The van der Waals surface area contributed by atoms with Gasteiger partial charge in [0.1, 0.15) is 6.10 Å². The number of fused-ring (bicyclic) bond motifs is 5. The van der Waals surface area contributed by atoms with E-state index in [0.717, 1.165) is 30.1 Å². The lowest BCUT2D eigenvalue weighted by Crippen LogP contribution is -2.53. The second-order valence-corrected chi connectivity index (χ2v) is 13.5. The van der Waals surface area contributed by atoms with Crippen molar-refractivity contribution in [3.05, 3.63) is 23.3 Å². The van der Waals surface area contributed by atoms with Crippen molar-refractivity contribution in [3.63, 3.8) is 0 Å². The summed E-state index contributed by atoms with van der Waals surface area (Å²) < 4.78 is 5.76. The van der Waals surface area contributed by atoms with Crippen molar-refractivity contribution in [2.75, 3.05) is 0 Å². The first kappa shape index (κ1) is 26.0. The number of esters is 1. The minimum absolute atomic E-state index is 0.109. The average Bonchev–Trinajstić information content (AvgIpc) is 3.13. The molecule has 0 heterocycles. The van der Waals surface area contributed by atoms with Crippen LogP contribution >= 0.6 is 0 Å². The molecule has 4 aliphatic rings. The highest BCUT2D eigenvalue weighted by Gasteiger charge is 2.59. The zero-order chi connectivity index (χ0) is 24.8. The van der Waals surface area contributed by atoms with Crippen molar-refractivity contribution < 1.29 is 9.53 Å². The molecule has 4 aliphatic carbocycles. The van der Waals surface area contributed by atoms with Crippen molar-refractivity contribution in [2.45, 2.75) is 119 Å². The van der Waals surface area contributed by atoms with Crippen LogP contribution in [0.4, 0.5) is 0 Å². The molecule has 0 aromatic rings. The van der Waals surface area contributed by atoms with Crippen LogP contribution < -0.4 is 0 Å². The molecular weight excluding hydrogens is 416 g/mol. The maximum absolute atomic E-state index is 11.7. The number of rotatable bonds is 6. The Morgan fingerprint density at radius 3 is 2.41 bits per heavy atom. The summed E-state index contributed by atoms with van der Waals surface area (Å²) in [5.41, 5.74) is 4.35. The number of carbonyl (C=O) groups excluding carboxylic acids is 1. The quantitative estimate of drug-likeness (QED) is 0.288. The van der Waals surface area contributed by atoms with Gasteiger partial charge in [-0.1, -0.05) is 64.8 Å². The fourth-order valence-electron chi connectivity index (χ4n) is 9.65. The lowest BCUT2D eigenvalue weighted by atomic mass is 9.46. The van der Waals surface area contributed by atoms with Crippen LogP contribution in [-0.4, -0.2) is 12.1 Å². The van der Waals surface area contributed by atoms with Gasteiger partial charge in [-0.15, -0.1) is 0 Å². The largest absolute Gasteiger partial charge is 0.462 e. The fraction of sp³-hybridized carbons (Fsp3) is 0.844. The minimum atomic E-state index is -0.109. The molecule has 0 amide bonds. The van der Waals surface area contributed by atoms with Gasteiger partial charge in [0.25, 0.3) is 0 Å². The van der Waals surface area contributed by atoms with Gasteiger partial charge in [-0.25, -0.2) is 0 Å². The highest BCUT2D eigenvalue weighted by Crippen LogP contribution is 2.67. The monoisotopic (exact) mass is 468 g/mol. The lowest BCUT2D eigenvalue weighted by Gasteiger charge is -2.59. The van der Waals surface area contributed by atoms with E-state index >= 15 is 0 Å². The summed E-state index contributed by atoms with van der Waals surface area (Å²) in [4.78, 5) is 11.7. The summed E-state index contributed by atoms with van der Waals surface area (Å²) >= 11 is 0. The lowest BCUT2D eigenvalue weighted by molar-refractivity contribution is -0.158. The number of hydrogen-bond donors (Lipinski definition) is 0. The topological polar surface area (TPSA) is 26.3 Å². The third kappa shape index (κ3) is 4.34. The van der Waals surface area contributed by atoms with Gasteiger partial charge in [0.15, 0.2) is 0 Å². The Morgan fingerprint density at radius 1 is 1.09 bits per heavy atom. The highest BCUT2D eigenvalue weighted by molar-refractivity contribution is 5.66. The third-order valence-corrected chi connectivity index (χ3v) is 11.6. The van der Waals surface area contributed by atoms with Crippen molar-refractivity contribution in [2.24, 2.45) is 52.3 Å². The second-order valence-electron chi connectivity index (χ2n) is 13.5. The van der Waals surface area contributed by atoms with Crippen LogP contribution in [0, 0.1) is 52.3 Å². The van der Waals surface area contributed by atoms with Gasteiger partial charge in [0.2, 0.25) is 0 Å². The zero-order valence-corrected chi connectivity index (χ0v) is 23.5. The van der Waals surface area contributed by atoms with Crippen LogP contribution in [0.1, 0.15) is 113 Å². The number of ether oxygens (including phenoxy) is 1. The molecule has 0 bridgehead atoms. The Kier molecular flexibility index (Phi) is 7.48. The van der Waals surface area contributed by atoms with Gasteiger partial charge >= 0.3 is 5.97 Å². The van der Waals surface area contributed by atoms with Crippen LogP contribution in [-0.2, 0) is 9.53 Å². The molecule has 4 rings (SSSR count). The van der Waals surface area contributed by atoms with Crippen molar-refractivity contribution in [3.8, 4) is 0 Å². The molecule has 3 saturated carbocycles. The minimum Gasteiger partial charge on any atom is -0.462 e. The molecule has 0 aliphatic heterocycles. The van der Waals surface area contributed by atoms with Gasteiger partial charge in [-0.05, 0) is 117 Å². The van der Waals surface area contributed by atoms with E-state index in [-0.39, 0.29) is 12.1 Å². The second kappa shape index (κ2) is 9.78. The molecule has 9 atom stereocenters. The molecule has 34 heavy (non-hydrogen) atoms. The Morgan fingerprint density at radius 2 is 1.76 bits per heavy atom. The summed E-state index contributed by atoms with van der Waals surface area (Å²) in [7, 11) is 0. The first-order chi connectivity index (χ1) is 16.0. The zero-order valence-electron chi connectivity index (χ0n) is 23.5. The molecule has 0 unspecified atom stereocenters. The SMILES string of the molecule is CC=C(CC[C@@H](C)[C@H]1CC[C@H]2C3=CC[C@H]4[C@H](C)[C@@H](OC(C)=O)CC[C@]4(C)[C@H]3CC[C@]12C)C(C)C. The van der Waals surface area contributed by atoms with Crippen molar-refractivity contribution in [1.82, 2.24) is 0 Å². The van der Waals surface area contributed by atoms with E-state index in [1.807, 2.05) is 5.57 Å². The predicted octanol–water partition coefficient (Wildman–Crippen LogP) is 8.76. The molecule has 2 heteroatoms. The first-order valence-corrected chi connectivity index (χ1v) is 14.5. The third-order valence-electron chi connectivity index (χ3n) is 11.6. The molecule has 0 saturated heterocycles. The Balaban J connectivity index is 1.50. The molecule has 0 radical (unpaired) electrons. The molecule has 3 fully saturated rings. The smallest absolute Gasteiger partial charge is 0.302 e. The molecule has 192 valence electrons. The maximum atomic E-state index is 11.7. The van der Waals surface area contributed by atoms with E-state index in [1.165, 1.54) is 51.4 Å².